The van der Waals surface area contributed by atoms with E-state index in [0.29, 0.717) is 0 Å². The van der Waals surface area contributed by atoms with E-state index in [0.717, 1.165) is 27.9 Å². The molecule has 1 amide bonds. The second kappa shape index (κ2) is 7.69. The molecule has 4 nitrogen and oxygen atoms in total. The standard InChI is InChI=1S/C17H15BrF3N3O/c1-24(2)15-7-6-11(8-14(15)18)10-22-23-16(25)12-4-3-5-13(9-12)17(19,20)21/h3-10H,1-2H3,(H,23,25). The first-order valence-corrected chi connectivity index (χ1v) is 7.95. The molecule has 0 aromatic heterocycles. The van der Waals surface area contributed by atoms with E-state index in [-0.39, 0.29) is 5.56 Å². The quantitative estimate of drug-likeness (QED) is 0.599. The van der Waals surface area contributed by atoms with Gasteiger partial charge >= 0.3 is 6.18 Å². The van der Waals surface area contributed by atoms with Gasteiger partial charge in [0.2, 0.25) is 0 Å². The molecule has 132 valence electrons. The topological polar surface area (TPSA) is 44.7 Å². The molecule has 2 rings (SSSR count). The molecular weight excluding hydrogens is 399 g/mol. The third kappa shape index (κ3) is 5.06. The number of halogens is 4. The molecule has 0 fully saturated rings. The van der Waals surface area contributed by atoms with Crippen LogP contribution in [-0.2, 0) is 6.18 Å². The number of amides is 1. The molecule has 0 radical (unpaired) electrons. The van der Waals surface area contributed by atoms with Gasteiger partial charge in [-0.25, -0.2) is 5.43 Å². The zero-order valence-electron chi connectivity index (χ0n) is 13.4. The zero-order valence-corrected chi connectivity index (χ0v) is 15.0. The largest absolute Gasteiger partial charge is 0.416 e. The maximum absolute atomic E-state index is 12.7. The summed E-state index contributed by atoms with van der Waals surface area (Å²) in [6.45, 7) is 0. The number of carbonyl (C=O) groups excluding carboxylic acids is 1. The molecule has 0 aliphatic heterocycles. The highest BCUT2D eigenvalue weighted by atomic mass is 79.9. The number of benzene rings is 2. The SMILES string of the molecule is CN(C)c1ccc(C=NNC(=O)c2cccc(C(F)(F)F)c2)cc1Br. The molecule has 8 heteroatoms. The van der Waals surface area contributed by atoms with Crippen molar-refractivity contribution in [2.75, 3.05) is 19.0 Å². The Morgan fingerprint density at radius 2 is 1.92 bits per heavy atom. The van der Waals surface area contributed by atoms with Gasteiger partial charge in [-0.1, -0.05) is 12.1 Å². The van der Waals surface area contributed by atoms with E-state index in [1.807, 2.05) is 31.1 Å². The second-order valence-corrected chi connectivity index (χ2v) is 6.24. The van der Waals surface area contributed by atoms with Crippen LogP contribution < -0.4 is 10.3 Å². The lowest BCUT2D eigenvalue weighted by Gasteiger charge is -2.14. The van der Waals surface area contributed by atoms with Crippen LogP contribution in [0, 0.1) is 0 Å². The Morgan fingerprint density at radius 3 is 2.52 bits per heavy atom. The van der Waals surface area contributed by atoms with Crippen molar-refractivity contribution in [3.8, 4) is 0 Å². The number of nitrogens with zero attached hydrogens (tertiary/aromatic N) is 2. The lowest BCUT2D eigenvalue weighted by molar-refractivity contribution is -0.137. The van der Waals surface area contributed by atoms with Crippen LogP contribution in [0.5, 0.6) is 0 Å². The molecule has 0 bridgehead atoms. The Balaban J connectivity index is 2.07. The molecule has 2 aromatic rings. The molecule has 25 heavy (non-hydrogen) atoms. The van der Waals surface area contributed by atoms with Crippen molar-refractivity contribution in [2.24, 2.45) is 5.10 Å². The van der Waals surface area contributed by atoms with Gasteiger partial charge < -0.3 is 4.90 Å². The predicted molar refractivity (Wildman–Crippen MR) is 95.0 cm³/mol. The maximum atomic E-state index is 12.7. The van der Waals surface area contributed by atoms with Crippen molar-refractivity contribution in [1.82, 2.24) is 5.43 Å². The summed E-state index contributed by atoms with van der Waals surface area (Å²) in [4.78, 5) is 13.8. The van der Waals surface area contributed by atoms with Crippen LogP contribution in [0.15, 0.2) is 52.0 Å². The number of hydrogen-bond acceptors (Lipinski definition) is 3. The molecule has 1 N–H and O–H groups in total. The lowest BCUT2D eigenvalue weighted by atomic mass is 10.1. The highest BCUT2D eigenvalue weighted by Gasteiger charge is 2.30. The minimum atomic E-state index is -4.50. The van der Waals surface area contributed by atoms with Crippen LogP contribution in [0.4, 0.5) is 18.9 Å². The molecular formula is C17H15BrF3N3O. The number of hydrazone groups is 1. The Kier molecular flexibility index (Phi) is 5.84. The van der Waals surface area contributed by atoms with E-state index >= 15 is 0 Å². The molecule has 0 aliphatic rings. The number of nitrogens with one attached hydrogen (secondary N) is 1. The third-order valence-corrected chi connectivity index (χ3v) is 3.92. The molecule has 0 unspecified atom stereocenters. The number of carbonyl (C=O) groups is 1. The van der Waals surface area contributed by atoms with Gasteiger partial charge in [0, 0.05) is 24.1 Å². The summed E-state index contributed by atoms with van der Waals surface area (Å²) in [5.74, 6) is -0.716. The van der Waals surface area contributed by atoms with Crippen LogP contribution in [-0.4, -0.2) is 26.2 Å². The summed E-state index contributed by atoms with van der Waals surface area (Å²) in [7, 11) is 3.81. The summed E-state index contributed by atoms with van der Waals surface area (Å²) in [5.41, 5.74) is 2.92. The number of anilines is 1. The van der Waals surface area contributed by atoms with E-state index < -0.39 is 17.6 Å². The van der Waals surface area contributed by atoms with Crippen molar-refractivity contribution >= 4 is 33.7 Å². The van der Waals surface area contributed by atoms with E-state index in [2.05, 4.69) is 26.5 Å². The van der Waals surface area contributed by atoms with E-state index in [1.54, 1.807) is 6.07 Å². The van der Waals surface area contributed by atoms with Gasteiger partial charge in [0.05, 0.1) is 17.5 Å². The third-order valence-electron chi connectivity index (χ3n) is 3.29. The molecule has 0 heterocycles. The number of hydrogen-bond donors (Lipinski definition) is 1. The number of rotatable bonds is 4. The molecule has 0 spiro atoms. The van der Waals surface area contributed by atoms with Gasteiger partial charge in [-0.2, -0.15) is 18.3 Å². The van der Waals surface area contributed by atoms with Crippen molar-refractivity contribution < 1.29 is 18.0 Å². The van der Waals surface area contributed by atoms with Crippen LogP contribution in [0.2, 0.25) is 0 Å². The average Bonchev–Trinajstić information content (AvgIpc) is 2.54. The molecule has 0 saturated heterocycles. The summed E-state index contributed by atoms with van der Waals surface area (Å²) in [6, 6.07) is 9.66. The molecule has 0 atom stereocenters. The highest BCUT2D eigenvalue weighted by Crippen LogP contribution is 2.29. The summed E-state index contributed by atoms with van der Waals surface area (Å²) in [6.07, 6.45) is -3.09. The Morgan fingerprint density at radius 1 is 1.20 bits per heavy atom. The van der Waals surface area contributed by atoms with Crippen LogP contribution in [0.1, 0.15) is 21.5 Å². The summed E-state index contributed by atoms with van der Waals surface area (Å²) >= 11 is 3.43. The fourth-order valence-electron chi connectivity index (χ4n) is 2.03. The van der Waals surface area contributed by atoms with Crippen molar-refractivity contribution in [3.63, 3.8) is 0 Å². The van der Waals surface area contributed by atoms with Gasteiger partial charge in [0.25, 0.3) is 5.91 Å². The minimum absolute atomic E-state index is 0.115. The first-order chi connectivity index (χ1) is 11.7. The van der Waals surface area contributed by atoms with Gasteiger partial charge in [-0.3, -0.25) is 4.79 Å². The van der Waals surface area contributed by atoms with Crippen LogP contribution in [0.25, 0.3) is 0 Å². The average molecular weight is 414 g/mol. The lowest BCUT2D eigenvalue weighted by Crippen LogP contribution is -2.18. The highest BCUT2D eigenvalue weighted by molar-refractivity contribution is 9.10. The van der Waals surface area contributed by atoms with Gasteiger partial charge in [-0.05, 0) is 51.8 Å². The normalized spacial score (nSPS) is 11.6. The Labute approximate surface area is 151 Å². The monoisotopic (exact) mass is 413 g/mol. The van der Waals surface area contributed by atoms with E-state index in [4.69, 9.17) is 0 Å². The molecule has 2 aromatic carbocycles. The Bertz CT molecular complexity index is 804. The van der Waals surface area contributed by atoms with Gasteiger partial charge in [0.1, 0.15) is 0 Å². The fourth-order valence-corrected chi connectivity index (χ4v) is 2.78. The van der Waals surface area contributed by atoms with Gasteiger partial charge in [-0.15, -0.1) is 0 Å². The summed E-state index contributed by atoms with van der Waals surface area (Å²) < 4.78 is 38.8. The van der Waals surface area contributed by atoms with Crippen molar-refractivity contribution in [2.45, 2.75) is 6.18 Å². The van der Waals surface area contributed by atoms with E-state index in [1.165, 1.54) is 18.3 Å². The van der Waals surface area contributed by atoms with Gasteiger partial charge in [0.15, 0.2) is 0 Å². The van der Waals surface area contributed by atoms with E-state index in [9.17, 15) is 18.0 Å². The second-order valence-electron chi connectivity index (χ2n) is 5.38. The smallest absolute Gasteiger partial charge is 0.377 e. The minimum Gasteiger partial charge on any atom is -0.377 e. The predicted octanol–water partition coefficient (Wildman–Crippen LogP) is 4.30. The molecule has 0 aliphatic carbocycles. The zero-order chi connectivity index (χ0) is 18.6. The number of alkyl halides is 3. The van der Waals surface area contributed by atoms with Crippen molar-refractivity contribution in [1.29, 1.82) is 0 Å². The Hall–Kier alpha value is -2.35. The first kappa shape index (κ1) is 19.0. The maximum Gasteiger partial charge on any atom is 0.416 e. The van der Waals surface area contributed by atoms with Crippen LogP contribution >= 0.6 is 15.9 Å². The van der Waals surface area contributed by atoms with Crippen LogP contribution in [0.3, 0.4) is 0 Å². The first-order valence-electron chi connectivity index (χ1n) is 7.16. The van der Waals surface area contributed by atoms with Crippen molar-refractivity contribution in [3.05, 3.63) is 63.6 Å². The fraction of sp³-hybridized carbons (Fsp3) is 0.176. The molecule has 0 saturated carbocycles. The summed E-state index contributed by atoms with van der Waals surface area (Å²) in [5, 5.41) is 3.79.